The van der Waals surface area contributed by atoms with Crippen LogP contribution in [0.15, 0.2) is 12.5 Å². The lowest BCUT2D eigenvalue weighted by molar-refractivity contribution is -0.180. The lowest BCUT2D eigenvalue weighted by Crippen LogP contribution is -2.60. The fourth-order valence-corrected chi connectivity index (χ4v) is 7.46. The maximum Gasteiger partial charge on any atom is 0.229 e. The minimum atomic E-state index is -0.0872. The number of carbonyl (C=O) groups is 1. The zero-order valence-corrected chi connectivity index (χ0v) is 14.8. The molecule has 4 bridgehead atoms. The largest absolute Gasteiger partial charge is 0.337 e. The third-order valence-corrected chi connectivity index (χ3v) is 7.23. The van der Waals surface area contributed by atoms with Gasteiger partial charge in [-0.1, -0.05) is 13.8 Å². The van der Waals surface area contributed by atoms with Gasteiger partial charge in [-0.2, -0.15) is 0 Å². The number of hydrogen-bond acceptors (Lipinski definition) is 3. The molecule has 2 heterocycles. The molecule has 6 rings (SSSR count). The number of aromatic nitrogens is 2. The Bertz CT molecular complexity index is 697. The molecule has 1 aliphatic heterocycles. The molecule has 5 aliphatic rings. The predicted molar refractivity (Wildman–Crippen MR) is 91.0 cm³/mol. The van der Waals surface area contributed by atoms with Crippen LogP contribution in [0.4, 0.5) is 0 Å². The summed E-state index contributed by atoms with van der Waals surface area (Å²) in [6, 6.07) is 0. The van der Waals surface area contributed by atoms with Crippen LogP contribution in [0.25, 0.3) is 0 Å². The molecule has 1 amide bonds. The second-order valence-electron chi connectivity index (χ2n) is 9.88. The molecule has 2 atom stereocenters. The number of amides is 1. The van der Waals surface area contributed by atoms with Crippen LogP contribution >= 0.6 is 0 Å². The first-order chi connectivity index (χ1) is 11.4. The summed E-state index contributed by atoms with van der Waals surface area (Å²) in [4.78, 5) is 24.3. The summed E-state index contributed by atoms with van der Waals surface area (Å²) < 4.78 is 0. The van der Waals surface area contributed by atoms with Gasteiger partial charge in [-0.3, -0.25) is 4.79 Å². The van der Waals surface area contributed by atoms with Crippen molar-refractivity contribution in [3.63, 3.8) is 0 Å². The zero-order valence-electron chi connectivity index (χ0n) is 14.8. The molecule has 4 heteroatoms. The summed E-state index contributed by atoms with van der Waals surface area (Å²) in [5, 5.41) is 0. The average Bonchev–Trinajstić information content (AvgIpc) is 2.50. The van der Waals surface area contributed by atoms with Crippen molar-refractivity contribution < 1.29 is 4.79 Å². The Morgan fingerprint density at radius 1 is 1.17 bits per heavy atom. The van der Waals surface area contributed by atoms with Gasteiger partial charge < -0.3 is 4.90 Å². The van der Waals surface area contributed by atoms with Crippen LogP contribution < -0.4 is 0 Å². The monoisotopic (exact) mass is 325 g/mol. The second kappa shape index (κ2) is 4.59. The Balaban J connectivity index is 1.45. The summed E-state index contributed by atoms with van der Waals surface area (Å²) >= 11 is 0. The first-order valence-corrected chi connectivity index (χ1v) is 9.46. The molecule has 4 saturated carbocycles. The van der Waals surface area contributed by atoms with Crippen LogP contribution in [0.5, 0.6) is 0 Å². The Kier molecular flexibility index (Phi) is 2.84. The molecule has 0 N–H and O–H groups in total. The van der Waals surface area contributed by atoms with E-state index < -0.39 is 0 Å². The van der Waals surface area contributed by atoms with Crippen molar-refractivity contribution in [3.8, 4) is 0 Å². The van der Waals surface area contributed by atoms with Crippen molar-refractivity contribution in [3.05, 3.63) is 23.8 Å². The Labute approximate surface area is 144 Å². The normalized spacial score (nSPS) is 42.9. The molecule has 2 unspecified atom stereocenters. The van der Waals surface area contributed by atoms with Gasteiger partial charge in [0.15, 0.2) is 0 Å². The number of nitrogens with zero attached hydrogens (tertiary/aromatic N) is 3. The highest BCUT2D eigenvalue weighted by Gasteiger charge is 2.63. The van der Waals surface area contributed by atoms with Gasteiger partial charge in [-0.05, 0) is 55.3 Å². The minimum Gasteiger partial charge on any atom is -0.337 e. The first-order valence-electron chi connectivity index (χ1n) is 9.46. The summed E-state index contributed by atoms with van der Waals surface area (Å²) in [6.45, 7) is 6.41. The van der Waals surface area contributed by atoms with Crippen molar-refractivity contribution in [2.45, 2.75) is 65.3 Å². The minimum absolute atomic E-state index is 0.0872. The van der Waals surface area contributed by atoms with Crippen LogP contribution in [-0.2, 0) is 17.8 Å². The van der Waals surface area contributed by atoms with Crippen LogP contribution in [0.3, 0.4) is 0 Å². The molecule has 24 heavy (non-hydrogen) atoms. The number of fused-ring (bicyclic) bond motifs is 1. The van der Waals surface area contributed by atoms with Crippen molar-refractivity contribution in [2.75, 3.05) is 6.54 Å². The molecule has 1 aromatic rings. The molecule has 4 aliphatic carbocycles. The van der Waals surface area contributed by atoms with Crippen molar-refractivity contribution >= 4 is 5.91 Å². The van der Waals surface area contributed by atoms with Crippen LogP contribution in [0, 0.1) is 22.2 Å². The van der Waals surface area contributed by atoms with Gasteiger partial charge >= 0.3 is 0 Å². The third kappa shape index (κ3) is 2.07. The standard InChI is InChI=1S/C20H27N3O/c1-18-5-14-6-19(2,10-18)12-20(7-14,11-18)17(24)23-4-3-16-15(9-23)8-21-13-22-16/h8,13-14H,3-7,9-12H2,1-2H3. The molecular formula is C20H27N3O. The van der Waals surface area contributed by atoms with E-state index in [0.717, 1.165) is 49.4 Å². The molecule has 0 radical (unpaired) electrons. The van der Waals surface area contributed by atoms with Gasteiger partial charge in [0, 0.05) is 31.3 Å². The van der Waals surface area contributed by atoms with Gasteiger partial charge in [0.2, 0.25) is 5.91 Å². The van der Waals surface area contributed by atoms with E-state index in [0.29, 0.717) is 23.3 Å². The summed E-state index contributed by atoms with van der Waals surface area (Å²) in [6.07, 6.45) is 11.7. The Hall–Kier alpha value is -1.45. The topological polar surface area (TPSA) is 46.1 Å². The first kappa shape index (κ1) is 14.9. The van der Waals surface area contributed by atoms with Gasteiger partial charge in [-0.25, -0.2) is 9.97 Å². The van der Waals surface area contributed by atoms with Crippen LogP contribution in [-0.4, -0.2) is 27.3 Å². The number of rotatable bonds is 1. The van der Waals surface area contributed by atoms with E-state index in [2.05, 4.69) is 28.7 Å². The van der Waals surface area contributed by atoms with Crippen molar-refractivity contribution in [1.82, 2.24) is 14.9 Å². The summed E-state index contributed by atoms with van der Waals surface area (Å²) in [5.74, 6) is 1.19. The summed E-state index contributed by atoms with van der Waals surface area (Å²) in [5.41, 5.74) is 2.95. The lowest BCUT2D eigenvalue weighted by atomic mass is 9.40. The van der Waals surface area contributed by atoms with E-state index >= 15 is 0 Å². The molecule has 0 aromatic carbocycles. The SMILES string of the molecule is CC12CC3CC(C)(C1)CC(C(=O)N1CCc4ncncc4C1)(C3)C2. The highest BCUT2D eigenvalue weighted by molar-refractivity contribution is 5.83. The van der Waals surface area contributed by atoms with E-state index in [9.17, 15) is 4.79 Å². The fourth-order valence-electron chi connectivity index (χ4n) is 7.46. The molecular weight excluding hydrogens is 298 g/mol. The van der Waals surface area contributed by atoms with Crippen molar-refractivity contribution in [2.24, 2.45) is 22.2 Å². The van der Waals surface area contributed by atoms with Gasteiger partial charge in [0.25, 0.3) is 0 Å². The number of carbonyl (C=O) groups excluding carboxylic acids is 1. The molecule has 4 nitrogen and oxygen atoms in total. The summed E-state index contributed by atoms with van der Waals surface area (Å²) in [7, 11) is 0. The quantitative estimate of drug-likeness (QED) is 0.795. The Morgan fingerprint density at radius 3 is 2.62 bits per heavy atom. The molecule has 1 aromatic heterocycles. The third-order valence-electron chi connectivity index (χ3n) is 7.23. The lowest BCUT2D eigenvalue weighted by Gasteiger charge is -2.65. The molecule has 0 saturated heterocycles. The fraction of sp³-hybridized carbons (Fsp3) is 0.750. The van der Waals surface area contributed by atoms with Crippen LogP contribution in [0.2, 0.25) is 0 Å². The van der Waals surface area contributed by atoms with E-state index in [4.69, 9.17) is 0 Å². The average molecular weight is 325 g/mol. The van der Waals surface area contributed by atoms with Crippen molar-refractivity contribution in [1.29, 1.82) is 0 Å². The molecule has 128 valence electrons. The van der Waals surface area contributed by atoms with Gasteiger partial charge in [-0.15, -0.1) is 0 Å². The van der Waals surface area contributed by atoms with Gasteiger partial charge in [0.05, 0.1) is 11.1 Å². The highest BCUT2D eigenvalue weighted by Crippen LogP contribution is 2.69. The van der Waals surface area contributed by atoms with E-state index in [1.807, 2.05) is 6.20 Å². The Morgan fingerprint density at radius 2 is 1.92 bits per heavy atom. The maximum atomic E-state index is 13.6. The highest BCUT2D eigenvalue weighted by atomic mass is 16.2. The van der Waals surface area contributed by atoms with E-state index in [1.54, 1.807) is 6.33 Å². The smallest absolute Gasteiger partial charge is 0.229 e. The van der Waals surface area contributed by atoms with E-state index in [-0.39, 0.29) is 5.41 Å². The predicted octanol–water partition coefficient (Wildman–Crippen LogP) is 3.36. The molecule has 0 spiro atoms. The van der Waals surface area contributed by atoms with Gasteiger partial charge in [0.1, 0.15) is 6.33 Å². The zero-order chi connectivity index (χ0) is 16.6. The maximum absolute atomic E-state index is 13.6. The second-order valence-corrected chi connectivity index (χ2v) is 9.88. The number of hydrogen-bond donors (Lipinski definition) is 0. The van der Waals surface area contributed by atoms with Crippen LogP contribution in [0.1, 0.15) is 63.6 Å². The molecule has 4 fully saturated rings. The van der Waals surface area contributed by atoms with E-state index in [1.165, 1.54) is 19.3 Å².